The lowest BCUT2D eigenvalue weighted by molar-refractivity contribution is 0.0251. The Bertz CT molecular complexity index is 1420. The first-order valence-corrected chi connectivity index (χ1v) is 14.9. The van der Waals surface area contributed by atoms with E-state index in [1.807, 2.05) is 42.8 Å². The van der Waals surface area contributed by atoms with Gasteiger partial charge in [0, 0.05) is 18.3 Å². The first-order valence-electron chi connectivity index (χ1n) is 13.4. The van der Waals surface area contributed by atoms with Crippen LogP contribution < -0.4 is 14.8 Å². The molecule has 0 saturated heterocycles. The highest BCUT2D eigenvalue weighted by atomic mass is 32.2. The number of benzene rings is 2. The number of aromatic nitrogens is 1. The van der Waals surface area contributed by atoms with Crippen molar-refractivity contribution in [1.82, 2.24) is 15.0 Å². The van der Waals surface area contributed by atoms with E-state index in [1.165, 1.54) is 36.4 Å². The molecule has 0 aliphatic carbocycles. The molecule has 2 amide bonds. The van der Waals surface area contributed by atoms with E-state index in [2.05, 4.69) is 10.3 Å². The van der Waals surface area contributed by atoms with Crippen LogP contribution in [-0.4, -0.2) is 50.9 Å². The summed E-state index contributed by atoms with van der Waals surface area (Å²) in [5.41, 5.74) is 1.29. The van der Waals surface area contributed by atoms with Crippen LogP contribution in [0.5, 0.6) is 5.75 Å². The summed E-state index contributed by atoms with van der Waals surface area (Å²) in [6.45, 7) is 4.41. The number of carbonyl (C=O) groups excluding carboxylic acids is 3. The van der Waals surface area contributed by atoms with Crippen LogP contribution in [0, 0.1) is 0 Å². The van der Waals surface area contributed by atoms with Crippen LogP contribution in [0.25, 0.3) is 0 Å². The number of amides is 2. The monoisotopic (exact) mass is 581 g/mol. The molecule has 11 heteroatoms. The van der Waals surface area contributed by atoms with Crippen LogP contribution in [-0.2, 0) is 21.2 Å². The Morgan fingerprint density at radius 1 is 0.854 bits per heavy atom. The lowest BCUT2D eigenvalue weighted by Gasteiger charge is -2.16. The Labute approximate surface area is 240 Å². The SMILES string of the molecule is CCCC(CCC)OC(=O)c1ccc(C(=O)NS(=O)(=O)c2ccc(C(=O)NCCc3ccc(OC)cc3)cc2)cn1. The second kappa shape index (κ2) is 14.9. The first-order chi connectivity index (χ1) is 19.7. The van der Waals surface area contributed by atoms with E-state index in [0.29, 0.717) is 13.0 Å². The average Bonchev–Trinajstić information content (AvgIpc) is 2.97. The first kappa shape index (κ1) is 31.3. The van der Waals surface area contributed by atoms with Crippen molar-refractivity contribution >= 4 is 27.8 Å². The fourth-order valence-electron chi connectivity index (χ4n) is 4.01. The number of hydrogen-bond acceptors (Lipinski definition) is 8. The fraction of sp³-hybridized carbons (Fsp3) is 0.333. The van der Waals surface area contributed by atoms with Gasteiger partial charge in [0.15, 0.2) is 0 Å². The molecule has 2 aromatic carbocycles. The molecule has 0 aliphatic rings. The van der Waals surface area contributed by atoms with Gasteiger partial charge in [0.2, 0.25) is 0 Å². The van der Waals surface area contributed by atoms with E-state index in [4.69, 9.17) is 9.47 Å². The zero-order valence-electron chi connectivity index (χ0n) is 23.4. The van der Waals surface area contributed by atoms with E-state index in [0.717, 1.165) is 43.2 Å². The number of esters is 1. The number of sulfonamides is 1. The van der Waals surface area contributed by atoms with Crippen molar-refractivity contribution < 1.29 is 32.3 Å². The molecule has 2 N–H and O–H groups in total. The van der Waals surface area contributed by atoms with Gasteiger partial charge in [-0.2, -0.15) is 0 Å². The van der Waals surface area contributed by atoms with Crippen molar-refractivity contribution in [2.75, 3.05) is 13.7 Å². The van der Waals surface area contributed by atoms with Crippen LogP contribution in [0.4, 0.5) is 0 Å². The number of carbonyl (C=O) groups is 3. The zero-order chi connectivity index (χ0) is 29.8. The van der Waals surface area contributed by atoms with E-state index >= 15 is 0 Å². The zero-order valence-corrected chi connectivity index (χ0v) is 24.2. The molecule has 3 aromatic rings. The Hall–Kier alpha value is -4.25. The summed E-state index contributed by atoms with van der Waals surface area (Å²) in [7, 11) is -2.63. The predicted octanol–water partition coefficient (Wildman–Crippen LogP) is 4.31. The van der Waals surface area contributed by atoms with Crippen molar-refractivity contribution in [3.8, 4) is 5.75 Å². The maximum atomic E-state index is 12.8. The summed E-state index contributed by atoms with van der Waals surface area (Å²) >= 11 is 0. The maximum absolute atomic E-state index is 12.8. The van der Waals surface area contributed by atoms with Crippen molar-refractivity contribution in [1.29, 1.82) is 0 Å². The Morgan fingerprint density at radius 3 is 2.05 bits per heavy atom. The molecule has 1 aromatic heterocycles. The highest BCUT2D eigenvalue weighted by Gasteiger charge is 2.21. The largest absolute Gasteiger partial charge is 0.497 e. The number of nitrogens with zero attached hydrogens (tertiary/aromatic N) is 1. The molecule has 10 nitrogen and oxygen atoms in total. The number of methoxy groups -OCH3 is 1. The molecule has 0 radical (unpaired) electrons. The summed E-state index contributed by atoms with van der Waals surface area (Å²) in [5.74, 6) is -1.11. The van der Waals surface area contributed by atoms with Crippen molar-refractivity contribution in [3.05, 3.63) is 89.2 Å². The topological polar surface area (TPSA) is 141 Å². The molecule has 218 valence electrons. The molecular weight excluding hydrogens is 546 g/mol. The fourth-order valence-corrected chi connectivity index (χ4v) is 4.98. The number of ether oxygens (including phenoxy) is 2. The summed E-state index contributed by atoms with van der Waals surface area (Å²) in [6.07, 6.45) is 4.77. The van der Waals surface area contributed by atoms with Gasteiger partial charge >= 0.3 is 5.97 Å². The van der Waals surface area contributed by atoms with Crippen molar-refractivity contribution in [2.24, 2.45) is 0 Å². The third-order valence-electron chi connectivity index (χ3n) is 6.24. The number of hydrogen-bond donors (Lipinski definition) is 2. The van der Waals surface area contributed by atoms with Gasteiger partial charge in [0.25, 0.3) is 21.8 Å². The second-order valence-corrected chi connectivity index (χ2v) is 11.0. The molecule has 0 spiro atoms. The van der Waals surface area contributed by atoms with Gasteiger partial charge in [-0.05, 0) is 73.4 Å². The summed E-state index contributed by atoms with van der Waals surface area (Å²) < 4.78 is 38.1. The lowest BCUT2D eigenvalue weighted by Crippen LogP contribution is -2.31. The third-order valence-corrected chi connectivity index (χ3v) is 7.59. The molecular formula is C30H35N3O7S. The molecule has 0 saturated carbocycles. The van der Waals surface area contributed by atoms with Gasteiger partial charge in [-0.15, -0.1) is 0 Å². The molecule has 0 fully saturated rings. The number of rotatable bonds is 14. The maximum Gasteiger partial charge on any atom is 0.357 e. The molecule has 41 heavy (non-hydrogen) atoms. The van der Waals surface area contributed by atoms with Gasteiger partial charge in [0.1, 0.15) is 17.5 Å². The van der Waals surface area contributed by atoms with E-state index in [-0.39, 0.29) is 33.7 Å². The predicted molar refractivity (Wildman–Crippen MR) is 153 cm³/mol. The Morgan fingerprint density at radius 2 is 1.49 bits per heavy atom. The molecule has 0 bridgehead atoms. The molecule has 1 heterocycles. The van der Waals surface area contributed by atoms with Gasteiger partial charge in [0.05, 0.1) is 17.6 Å². The van der Waals surface area contributed by atoms with Crippen LogP contribution in [0.1, 0.15) is 76.3 Å². The number of pyridine rings is 1. The van der Waals surface area contributed by atoms with Crippen molar-refractivity contribution in [2.45, 2.75) is 57.0 Å². The summed E-state index contributed by atoms with van der Waals surface area (Å²) in [6, 6.07) is 15.4. The van der Waals surface area contributed by atoms with Gasteiger partial charge in [-0.25, -0.2) is 22.9 Å². The minimum absolute atomic E-state index is 0.0273. The van der Waals surface area contributed by atoms with Gasteiger partial charge < -0.3 is 14.8 Å². The average molecular weight is 582 g/mol. The third kappa shape index (κ3) is 9.14. The van der Waals surface area contributed by atoms with Crippen LogP contribution >= 0.6 is 0 Å². The van der Waals surface area contributed by atoms with E-state index < -0.39 is 21.9 Å². The number of nitrogens with one attached hydrogen (secondary N) is 2. The minimum atomic E-state index is -4.22. The van der Waals surface area contributed by atoms with E-state index in [9.17, 15) is 22.8 Å². The van der Waals surface area contributed by atoms with Gasteiger partial charge in [-0.1, -0.05) is 38.8 Å². The highest BCUT2D eigenvalue weighted by molar-refractivity contribution is 7.90. The quantitative estimate of drug-likeness (QED) is 0.269. The summed E-state index contributed by atoms with van der Waals surface area (Å²) in [5, 5.41) is 2.79. The van der Waals surface area contributed by atoms with Crippen LogP contribution in [0.15, 0.2) is 71.8 Å². The normalized spacial score (nSPS) is 11.1. The van der Waals surface area contributed by atoms with Gasteiger partial charge in [-0.3, -0.25) is 9.59 Å². The highest BCUT2D eigenvalue weighted by Crippen LogP contribution is 2.15. The van der Waals surface area contributed by atoms with Crippen LogP contribution in [0.2, 0.25) is 0 Å². The lowest BCUT2D eigenvalue weighted by atomic mass is 10.1. The molecule has 0 atom stereocenters. The van der Waals surface area contributed by atoms with Crippen LogP contribution in [0.3, 0.4) is 0 Å². The van der Waals surface area contributed by atoms with E-state index in [1.54, 1.807) is 7.11 Å². The molecule has 3 rings (SSSR count). The molecule has 0 aliphatic heterocycles. The molecule has 0 unspecified atom stereocenters. The standard InChI is InChI=1S/C30H35N3O7S/c1-4-6-25(7-5-2)40-30(36)27-17-12-23(20-32-27)29(35)33-41(37,38)26-15-10-22(11-16-26)28(34)31-19-18-21-8-13-24(39-3)14-9-21/h8-17,20,25H,4-7,18-19H2,1-3H3,(H,31,34)(H,33,35). The minimum Gasteiger partial charge on any atom is -0.497 e. The Balaban J connectivity index is 1.55. The van der Waals surface area contributed by atoms with Crippen molar-refractivity contribution in [3.63, 3.8) is 0 Å². The Kier molecular flexibility index (Phi) is 11.4. The smallest absolute Gasteiger partial charge is 0.357 e. The summed E-state index contributed by atoms with van der Waals surface area (Å²) in [4.78, 5) is 41.3. The second-order valence-electron chi connectivity index (χ2n) is 9.35.